The van der Waals surface area contributed by atoms with E-state index in [0.717, 1.165) is 15.0 Å². The van der Waals surface area contributed by atoms with E-state index in [0.29, 0.717) is 21.6 Å². The number of aromatic nitrogens is 2. The van der Waals surface area contributed by atoms with Crippen LogP contribution in [0.5, 0.6) is 0 Å². The second kappa shape index (κ2) is 7.52. The maximum absolute atomic E-state index is 13.2. The summed E-state index contributed by atoms with van der Waals surface area (Å²) in [6.45, 7) is 3.59. The molecule has 2 heterocycles. The van der Waals surface area contributed by atoms with E-state index in [1.807, 2.05) is 44.2 Å². The SMILES string of the molecule is Cc1cc2c(=O)n(-c3ccccc3)c(=O)n(CC(=O)Nc3ccccc3C)c2s1. The number of aryl methyl sites for hydroxylation is 2. The maximum atomic E-state index is 13.2. The summed E-state index contributed by atoms with van der Waals surface area (Å²) in [5, 5.41) is 3.28. The van der Waals surface area contributed by atoms with Crippen LogP contribution in [0, 0.1) is 13.8 Å². The number of rotatable bonds is 4. The molecule has 0 aliphatic carbocycles. The standard InChI is InChI=1S/C22H19N3O3S/c1-14-8-6-7-11-18(14)23-19(26)13-24-21-17(12-15(2)29-21)20(27)25(22(24)28)16-9-4-3-5-10-16/h3-12H,13H2,1-2H3,(H,23,26). The lowest BCUT2D eigenvalue weighted by molar-refractivity contribution is -0.116. The first kappa shape index (κ1) is 18.9. The zero-order valence-corrected chi connectivity index (χ0v) is 16.8. The fourth-order valence-corrected chi connectivity index (χ4v) is 4.25. The van der Waals surface area contributed by atoms with Gasteiger partial charge < -0.3 is 5.32 Å². The van der Waals surface area contributed by atoms with Crippen LogP contribution in [0.1, 0.15) is 10.4 Å². The van der Waals surface area contributed by atoms with E-state index in [9.17, 15) is 14.4 Å². The van der Waals surface area contributed by atoms with Gasteiger partial charge in [-0.15, -0.1) is 11.3 Å². The highest BCUT2D eigenvalue weighted by Crippen LogP contribution is 2.22. The van der Waals surface area contributed by atoms with Crippen LogP contribution < -0.4 is 16.6 Å². The molecule has 29 heavy (non-hydrogen) atoms. The minimum Gasteiger partial charge on any atom is -0.324 e. The Kier molecular flexibility index (Phi) is 4.90. The van der Waals surface area contributed by atoms with E-state index in [-0.39, 0.29) is 18.0 Å². The second-order valence-corrected chi connectivity index (χ2v) is 8.02. The molecule has 6 nitrogen and oxygen atoms in total. The summed E-state index contributed by atoms with van der Waals surface area (Å²) >= 11 is 1.33. The van der Waals surface area contributed by atoms with Gasteiger partial charge in [-0.1, -0.05) is 36.4 Å². The van der Waals surface area contributed by atoms with Crippen molar-refractivity contribution >= 4 is 33.1 Å². The summed E-state index contributed by atoms with van der Waals surface area (Å²) < 4.78 is 2.49. The first-order valence-corrected chi connectivity index (χ1v) is 9.94. The third-order valence-electron chi connectivity index (χ3n) is 4.67. The molecule has 1 N–H and O–H groups in total. The predicted molar refractivity (Wildman–Crippen MR) is 116 cm³/mol. The summed E-state index contributed by atoms with van der Waals surface area (Å²) in [6.07, 6.45) is 0. The quantitative estimate of drug-likeness (QED) is 0.565. The number of hydrogen-bond acceptors (Lipinski definition) is 4. The number of fused-ring (bicyclic) bond motifs is 1. The van der Waals surface area contributed by atoms with E-state index in [1.54, 1.807) is 30.3 Å². The fourth-order valence-electron chi connectivity index (χ4n) is 3.26. The molecule has 4 rings (SSSR count). The number of nitrogens with zero attached hydrogens (tertiary/aromatic N) is 2. The molecule has 0 saturated heterocycles. The minimum absolute atomic E-state index is 0.184. The number of hydrogen-bond donors (Lipinski definition) is 1. The Morgan fingerprint density at radius 2 is 1.69 bits per heavy atom. The number of nitrogens with one attached hydrogen (secondary N) is 1. The zero-order chi connectivity index (χ0) is 20.5. The lowest BCUT2D eigenvalue weighted by atomic mass is 10.2. The summed E-state index contributed by atoms with van der Waals surface area (Å²) in [4.78, 5) is 40.3. The van der Waals surface area contributed by atoms with Gasteiger partial charge in [0.15, 0.2) is 0 Å². The van der Waals surface area contributed by atoms with Crippen LogP contribution in [-0.4, -0.2) is 15.0 Å². The van der Waals surface area contributed by atoms with E-state index in [2.05, 4.69) is 5.32 Å². The molecule has 4 aromatic rings. The van der Waals surface area contributed by atoms with Crippen molar-refractivity contribution in [2.45, 2.75) is 20.4 Å². The second-order valence-electron chi connectivity index (χ2n) is 6.78. The lowest BCUT2D eigenvalue weighted by Crippen LogP contribution is -2.40. The highest BCUT2D eigenvalue weighted by molar-refractivity contribution is 7.18. The molecule has 0 atom stereocenters. The maximum Gasteiger partial charge on any atom is 0.337 e. The van der Waals surface area contributed by atoms with Gasteiger partial charge in [-0.05, 0) is 43.7 Å². The molecule has 2 aromatic heterocycles. The number of carbonyl (C=O) groups is 1. The van der Waals surface area contributed by atoms with Gasteiger partial charge in [0.2, 0.25) is 5.91 Å². The Morgan fingerprint density at radius 1 is 1.00 bits per heavy atom. The molecular formula is C22H19N3O3S. The topological polar surface area (TPSA) is 73.1 Å². The van der Waals surface area contributed by atoms with Gasteiger partial charge in [-0.3, -0.25) is 14.2 Å². The van der Waals surface area contributed by atoms with E-state index < -0.39 is 5.69 Å². The normalized spacial score (nSPS) is 11.0. The molecule has 0 spiro atoms. The number of carbonyl (C=O) groups excluding carboxylic acids is 1. The summed E-state index contributed by atoms with van der Waals surface area (Å²) in [7, 11) is 0. The van der Waals surface area contributed by atoms with Gasteiger partial charge in [0.1, 0.15) is 11.4 Å². The minimum atomic E-state index is -0.532. The smallest absolute Gasteiger partial charge is 0.324 e. The number of amides is 1. The van der Waals surface area contributed by atoms with Crippen molar-refractivity contribution in [3.05, 3.63) is 91.9 Å². The zero-order valence-electron chi connectivity index (χ0n) is 16.0. The molecule has 7 heteroatoms. The van der Waals surface area contributed by atoms with Gasteiger partial charge in [0.05, 0.1) is 11.1 Å². The molecule has 146 valence electrons. The molecule has 2 aromatic carbocycles. The van der Waals surface area contributed by atoms with Crippen LogP contribution >= 0.6 is 11.3 Å². The first-order valence-electron chi connectivity index (χ1n) is 9.12. The number of benzene rings is 2. The molecule has 0 bridgehead atoms. The van der Waals surface area contributed by atoms with Gasteiger partial charge in [-0.25, -0.2) is 9.36 Å². The van der Waals surface area contributed by atoms with Crippen LogP contribution in [0.25, 0.3) is 15.9 Å². The Labute approximate surface area is 170 Å². The molecular weight excluding hydrogens is 386 g/mol. The lowest BCUT2D eigenvalue weighted by Gasteiger charge is -2.13. The van der Waals surface area contributed by atoms with Gasteiger partial charge >= 0.3 is 5.69 Å². The van der Waals surface area contributed by atoms with Gasteiger partial charge in [-0.2, -0.15) is 0 Å². The fraction of sp³-hybridized carbons (Fsp3) is 0.136. The van der Waals surface area contributed by atoms with E-state index >= 15 is 0 Å². The highest BCUT2D eigenvalue weighted by Gasteiger charge is 2.18. The van der Waals surface area contributed by atoms with Gasteiger partial charge in [0, 0.05) is 10.6 Å². The molecule has 0 aliphatic heterocycles. The average Bonchev–Trinajstić information content (AvgIpc) is 3.10. The summed E-state index contributed by atoms with van der Waals surface area (Å²) in [5.74, 6) is -0.327. The molecule has 0 fully saturated rings. The average molecular weight is 405 g/mol. The Morgan fingerprint density at radius 3 is 2.41 bits per heavy atom. The number of anilines is 1. The van der Waals surface area contributed by atoms with Crippen molar-refractivity contribution in [3.8, 4) is 5.69 Å². The Bertz CT molecular complexity index is 1330. The summed E-state index contributed by atoms with van der Waals surface area (Å²) in [5.41, 5.74) is 1.19. The first-order chi connectivity index (χ1) is 14.0. The largest absolute Gasteiger partial charge is 0.337 e. The van der Waals surface area contributed by atoms with Crippen LogP contribution in [0.15, 0.2) is 70.3 Å². The monoisotopic (exact) mass is 405 g/mol. The van der Waals surface area contributed by atoms with E-state index in [1.165, 1.54) is 15.9 Å². The van der Waals surface area contributed by atoms with Crippen LogP contribution in [-0.2, 0) is 11.3 Å². The van der Waals surface area contributed by atoms with Gasteiger partial charge in [0.25, 0.3) is 5.56 Å². The molecule has 0 aliphatic rings. The van der Waals surface area contributed by atoms with Crippen molar-refractivity contribution in [1.82, 2.24) is 9.13 Å². The Balaban J connectivity index is 1.84. The Hall–Kier alpha value is -3.45. The van der Waals surface area contributed by atoms with Crippen molar-refractivity contribution in [2.75, 3.05) is 5.32 Å². The van der Waals surface area contributed by atoms with Crippen LogP contribution in [0.4, 0.5) is 5.69 Å². The van der Waals surface area contributed by atoms with Crippen molar-refractivity contribution in [1.29, 1.82) is 0 Å². The van der Waals surface area contributed by atoms with Crippen molar-refractivity contribution in [2.24, 2.45) is 0 Å². The molecule has 0 unspecified atom stereocenters. The highest BCUT2D eigenvalue weighted by atomic mass is 32.1. The molecule has 0 radical (unpaired) electrons. The van der Waals surface area contributed by atoms with E-state index in [4.69, 9.17) is 0 Å². The van der Waals surface area contributed by atoms with Crippen molar-refractivity contribution < 1.29 is 4.79 Å². The molecule has 1 amide bonds. The molecule has 0 saturated carbocycles. The number of para-hydroxylation sites is 2. The van der Waals surface area contributed by atoms with Crippen molar-refractivity contribution in [3.63, 3.8) is 0 Å². The predicted octanol–water partition coefficient (Wildman–Crippen LogP) is 3.47. The third-order valence-corrected chi connectivity index (χ3v) is 5.75. The van der Waals surface area contributed by atoms with Crippen LogP contribution in [0.3, 0.4) is 0 Å². The summed E-state index contributed by atoms with van der Waals surface area (Å²) in [6, 6.07) is 17.9. The number of thiophene rings is 1. The third kappa shape index (κ3) is 3.52. The van der Waals surface area contributed by atoms with Crippen LogP contribution in [0.2, 0.25) is 0 Å².